The van der Waals surface area contributed by atoms with Crippen molar-refractivity contribution in [1.29, 1.82) is 0 Å². The number of halogens is 2. The monoisotopic (exact) mass is 369 g/mol. The molecule has 0 unspecified atom stereocenters. The molecule has 0 saturated carbocycles. The molecule has 0 heterocycles. The van der Waals surface area contributed by atoms with E-state index in [1.54, 1.807) is 24.3 Å². The zero-order valence-electron chi connectivity index (χ0n) is 12.5. The van der Waals surface area contributed by atoms with Crippen molar-refractivity contribution in [3.05, 3.63) is 69.8 Å². The quantitative estimate of drug-likeness (QED) is 0.878. The average molecular weight is 370 g/mol. The molecule has 0 spiro atoms. The molecule has 2 rings (SSSR count). The summed E-state index contributed by atoms with van der Waals surface area (Å²) in [6, 6.07) is 9.70. The molecule has 0 aliphatic heterocycles. The van der Waals surface area contributed by atoms with Gasteiger partial charge in [0.25, 0.3) is 15.9 Å². The van der Waals surface area contributed by atoms with Crippen LogP contribution in [0.2, 0.25) is 5.02 Å². The molecule has 2 aromatic carbocycles. The van der Waals surface area contributed by atoms with Crippen LogP contribution in [0.3, 0.4) is 0 Å². The number of carbonyl (C=O) groups is 1. The van der Waals surface area contributed by atoms with Crippen LogP contribution in [0.1, 0.15) is 15.9 Å². The molecular weight excluding hydrogens is 357 g/mol. The first kappa shape index (κ1) is 18.0. The lowest BCUT2D eigenvalue weighted by atomic mass is 10.2. The van der Waals surface area contributed by atoms with Crippen LogP contribution in [-0.2, 0) is 10.0 Å². The van der Waals surface area contributed by atoms with Gasteiger partial charge in [0, 0.05) is 0 Å². The Morgan fingerprint density at radius 2 is 1.88 bits per heavy atom. The largest absolute Gasteiger partial charge is 0.497 e. The van der Waals surface area contributed by atoms with Crippen molar-refractivity contribution in [3.8, 4) is 5.75 Å². The van der Waals surface area contributed by atoms with Crippen molar-refractivity contribution >= 4 is 33.6 Å². The number of carbonyl (C=O) groups excluding carboxylic acids is 1. The van der Waals surface area contributed by atoms with Gasteiger partial charge in [0.2, 0.25) is 0 Å². The molecule has 0 saturated heterocycles. The van der Waals surface area contributed by atoms with E-state index in [9.17, 15) is 17.6 Å². The molecule has 5 nitrogen and oxygen atoms in total. The van der Waals surface area contributed by atoms with Crippen LogP contribution in [0.25, 0.3) is 6.08 Å². The molecule has 126 valence electrons. The van der Waals surface area contributed by atoms with Gasteiger partial charge < -0.3 is 4.74 Å². The normalized spacial score (nSPS) is 11.5. The fraction of sp³-hybridized carbons (Fsp3) is 0.0625. The van der Waals surface area contributed by atoms with Gasteiger partial charge >= 0.3 is 0 Å². The summed E-state index contributed by atoms with van der Waals surface area (Å²) in [6.07, 6.45) is 1.32. The summed E-state index contributed by atoms with van der Waals surface area (Å²) in [5.41, 5.74) is 0.466. The van der Waals surface area contributed by atoms with E-state index in [0.717, 1.165) is 23.6 Å². The number of nitrogens with one attached hydrogen (secondary N) is 1. The summed E-state index contributed by atoms with van der Waals surface area (Å²) in [4.78, 5) is 11.9. The number of hydrogen-bond acceptors (Lipinski definition) is 4. The average Bonchev–Trinajstić information content (AvgIpc) is 2.53. The molecule has 0 bridgehead atoms. The maximum absolute atomic E-state index is 13.0. The third-order valence-corrected chi connectivity index (χ3v) is 4.24. The molecule has 0 aliphatic rings. The van der Waals surface area contributed by atoms with Crippen LogP contribution in [0.15, 0.2) is 47.9 Å². The number of hydrogen-bond donors (Lipinski definition) is 1. The maximum atomic E-state index is 13.0. The highest BCUT2D eigenvalue weighted by atomic mass is 35.5. The second-order valence-corrected chi connectivity index (χ2v) is 6.65. The van der Waals surface area contributed by atoms with E-state index in [1.165, 1.54) is 13.2 Å². The fourth-order valence-electron chi connectivity index (χ4n) is 1.77. The number of methoxy groups -OCH3 is 1. The highest BCUT2D eigenvalue weighted by molar-refractivity contribution is 7.93. The Balaban J connectivity index is 2.12. The van der Waals surface area contributed by atoms with Crippen molar-refractivity contribution in [3.63, 3.8) is 0 Å². The number of amides is 1. The van der Waals surface area contributed by atoms with Crippen molar-refractivity contribution < 1.29 is 22.3 Å². The van der Waals surface area contributed by atoms with Crippen LogP contribution in [0, 0.1) is 5.82 Å². The van der Waals surface area contributed by atoms with E-state index in [0.29, 0.717) is 11.3 Å². The Morgan fingerprint density at radius 3 is 2.46 bits per heavy atom. The Kier molecular flexibility index (Phi) is 5.58. The van der Waals surface area contributed by atoms with Crippen LogP contribution >= 0.6 is 11.6 Å². The first-order chi connectivity index (χ1) is 11.3. The minimum atomic E-state index is -4.03. The number of benzene rings is 2. The minimum absolute atomic E-state index is 0.139. The highest BCUT2D eigenvalue weighted by Crippen LogP contribution is 2.17. The predicted molar refractivity (Wildman–Crippen MR) is 89.8 cm³/mol. The zero-order valence-corrected chi connectivity index (χ0v) is 14.1. The van der Waals surface area contributed by atoms with Gasteiger partial charge in [0.05, 0.1) is 23.1 Å². The summed E-state index contributed by atoms with van der Waals surface area (Å²) in [5.74, 6) is -0.938. The third-order valence-electron chi connectivity index (χ3n) is 2.97. The van der Waals surface area contributed by atoms with Crippen LogP contribution in [0.4, 0.5) is 4.39 Å². The Hall–Kier alpha value is -2.38. The topological polar surface area (TPSA) is 72.5 Å². The van der Waals surface area contributed by atoms with Crippen molar-refractivity contribution in [1.82, 2.24) is 4.72 Å². The van der Waals surface area contributed by atoms with E-state index >= 15 is 0 Å². The number of sulfonamides is 1. The minimum Gasteiger partial charge on any atom is -0.497 e. The van der Waals surface area contributed by atoms with Gasteiger partial charge in [-0.3, -0.25) is 4.79 Å². The highest BCUT2D eigenvalue weighted by Gasteiger charge is 2.16. The lowest BCUT2D eigenvalue weighted by Gasteiger charge is -2.05. The smallest absolute Gasteiger partial charge is 0.266 e. The maximum Gasteiger partial charge on any atom is 0.266 e. The van der Waals surface area contributed by atoms with Gasteiger partial charge in [-0.1, -0.05) is 23.7 Å². The standard InChI is InChI=1S/C16H13ClFNO4S/c1-23-13-5-2-11(3-6-13)8-9-24(21,22)19-16(20)14-7-4-12(18)10-15(14)17/h2-10H,1H3,(H,19,20). The molecule has 0 radical (unpaired) electrons. The van der Waals surface area contributed by atoms with Gasteiger partial charge in [0.1, 0.15) is 11.6 Å². The summed E-state index contributed by atoms with van der Waals surface area (Å²) < 4.78 is 43.7. The molecule has 24 heavy (non-hydrogen) atoms. The van der Waals surface area contributed by atoms with E-state index < -0.39 is 21.7 Å². The molecule has 8 heteroatoms. The van der Waals surface area contributed by atoms with Gasteiger partial charge in [-0.2, -0.15) is 0 Å². The van der Waals surface area contributed by atoms with E-state index in [1.807, 2.05) is 4.72 Å². The van der Waals surface area contributed by atoms with Crippen molar-refractivity contribution in [2.24, 2.45) is 0 Å². The first-order valence-electron chi connectivity index (χ1n) is 6.65. The van der Waals surface area contributed by atoms with E-state index in [4.69, 9.17) is 16.3 Å². The first-order valence-corrected chi connectivity index (χ1v) is 8.57. The van der Waals surface area contributed by atoms with Crippen LogP contribution < -0.4 is 9.46 Å². The summed E-state index contributed by atoms with van der Waals surface area (Å²) in [5, 5.41) is 0.672. The Labute approximate surface area is 143 Å². The SMILES string of the molecule is COc1ccc(C=CS(=O)(=O)NC(=O)c2ccc(F)cc2Cl)cc1. The molecule has 1 amide bonds. The van der Waals surface area contributed by atoms with E-state index in [-0.39, 0.29) is 10.6 Å². The lowest BCUT2D eigenvalue weighted by molar-refractivity contribution is 0.0982. The summed E-state index contributed by atoms with van der Waals surface area (Å²) in [6.45, 7) is 0. The van der Waals surface area contributed by atoms with Gasteiger partial charge in [0.15, 0.2) is 0 Å². The van der Waals surface area contributed by atoms with Gasteiger partial charge in [-0.15, -0.1) is 0 Å². The van der Waals surface area contributed by atoms with Crippen LogP contribution in [0.5, 0.6) is 5.75 Å². The second kappa shape index (κ2) is 7.46. The molecule has 0 fully saturated rings. The zero-order chi connectivity index (χ0) is 17.7. The van der Waals surface area contributed by atoms with E-state index in [2.05, 4.69) is 0 Å². The third kappa shape index (κ3) is 4.81. The van der Waals surface area contributed by atoms with Crippen molar-refractivity contribution in [2.45, 2.75) is 0 Å². The Morgan fingerprint density at radius 1 is 1.21 bits per heavy atom. The van der Waals surface area contributed by atoms with Crippen molar-refractivity contribution in [2.75, 3.05) is 7.11 Å². The summed E-state index contributed by atoms with van der Waals surface area (Å²) >= 11 is 5.73. The van der Waals surface area contributed by atoms with Gasteiger partial charge in [-0.05, 0) is 42.0 Å². The fourth-order valence-corrected chi connectivity index (χ4v) is 2.80. The molecular formula is C16H13ClFNO4S. The molecule has 2 aromatic rings. The van der Waals surface area contributed by atoms with Crippen LogP contribution in [-0.4, -0.2) is 21.4 Å². The molecule has 0 aliphatic carbocycles. The Bertz CT molecular complexity index is 879. The molecule has 1 N–H and O–H groups in total. The lowest BCUT2D eigenvalue weighted by Crippen LogP contribution is -2.29. The second-order valence-electron chi connectivity index (χ2n) is 4.68. The number of ether oxygens (including phenoxy) is 1. The number of rotatable bonds is 5. The molecule has 0 aromatic heterocycles. The predicted octanol–water partition coefficient (Wildman–Crippen LogP) is 3.22. The molecule has 0 atom stereocenters. The summed E-state index contributed by atoms with van der Waals surface area (Å²) in [7, 11) is -2.51. The van der Waals surface area contributed by atoms with Gasteiger partial charge in [-0.25, -0.2) is 17.5 Å².